The van der Waals surface area contributed by atoms with Crippen molar-refractivity contribution in [2.75, 3.05) is 13.1 Å². The smallest absolute Gasteiger partial charge is 0.411 e. The Bertz CT molecular complexity index is 614. The lowest BCUT2D eigenvalue weighted by atomic mass is 10.2. The van der Waals surface area contributed by atoms with Gasteiger partial charge in [-0.25, -0.2) is 4.79 Å². The molecule has 0 heterocycles. The van der Waals surface area contributed by atoms with Crippen LogP contribution in [0.1, 0.15) is 61.0 Å². The number of carbonyl (C=O) groups excluding carboxylic acids is 3. The molecule has 29 heavy (non-hydrogen) atoms. The van der Waals surface area contributed by atoms with Crippen molar-refractivity contribution in [3.8, 4) is 0 Å². The van der Waals surface area contributed by atoms with E-state index < -0.39 is 42.3 Å². The first-order chi connectivity index (χ1) is 13.4. The van der Waals surface area contributed by atoms with Gasteiger partial charge in [0.25, 0.3) is 0 Å². The van der Waals surface area contributed by atoms with Crippen LogP contribution in [0, 0.1) is 0 Å². The second-order valence-corrected chi connectivity index (χ2v) is 8.07. The molecule has 0 aromatic heterocycles. The lowest BCUT2D eigenvalue weighted by molar-refractivity contribution is -0.159. The zero-order valence-corrected chi connectivity index (χ0v) is 18.9. The van der Waals surface area contributed by atoms with Gasteiger partial charge < -0.3 is 14.2 Å². The molecule has 0 aliphatic carbocycles. The zero-order chi connectivity index (χ0) is 22.7. The monoisotopic (exact) mass is 409 g/mol. The molecule has 0 radical (unpaired) electrons. The Morgan fingerprint density at radius 1 is 0.793 bits per heavy atom. The topological polar surface area (TPSA) is 82.1 Å². The fourth-order valence-corrected chi connectivity index (χ4v) is 2.05. The third-order valence-corrected chi connectivity index (χ3v) is 2.94. The molecule has 1 rings (SSSR count). The van der Waals surface area contributed by atoms with Crippen molar-refractivity contribution >= 4 is 18.0 Å². The Morgan fingerprint density at radius 3 is 1.59 bits per heavy atom. The van der Waals surface area contributed by atoms with Gasteiger partial charge in [0.05, 0.1) is 0 Å². The fraction of sp³-hybridized carbons (Fsp3) is 0.591. The highest BCUT2D eigenvalue weighted by Crippen LogP contribution is 2.11. The van der Waals surface area contributed by atoms with Crippen LogP contribution < -0.4 is 0 Å². The third kappa shape index (κ3) is 13.3. The molecule has 0 saturated carbocycles. The van der Waals surface area contributed by atoms with Crippen molar-refractivity contribution < 1.29 is 28.6 Å². The molecule has 0 N–H and O–H groups in total. The molecule has 164 valence electrons. The Kier molecular flexibility index (Phi) is 11.0. The van der Waals surface area contributed by atoms with Gasteiger partial charge in [0.1, 0.15) is 30.9 Å². The van der Waals surface area contributed by atoms with Crippen LogP contribution in [0.4, 0.5) is 4.79 Å². The van der Waals surface area contributed by atoms with Gasteiger partial charge in [-0.3, -0.25) is 14.5 Å². The van der Waals surface area contributed by atoms with Crippen LogP contribution in [-0.4, -0.2) is 47.2 Å². The summed E-state index contributed by atoms with van der Waals surface area (Å²) in [7, 11) is 0. The van der Waals surface area contributed by atoms with Gasteiger partial charge in [0, 0.05) is 0 Å². The largest absolute Gasteiger partial charge is 0.459 e. The summed E-state index contributed by atoms with van der Waals surface area (Å²) in [5, 5.41) is 0. The standard InChI is InChI=1S/C20H29NO6.C2H6/c1-19(2,3)26-16(22)12-21(13-17(23)27-20(4,5)6)18(24)25-14-15-10-8-7-9-11-15;1-2/h7-11H,12-14H2,1-6H3;1-2H3. The van der Waals surface area contributed by atoms with Crippen molar-refractivity contribution in [1.82, 2.24) is 4.90 Å². The molecule has 7 heteroatoms. The van der Waals surface area contributed by atoms with Gasteiger partial charge in [0.2, 0.25) is 0 Å². The number of esters is 2. The highest BCUT2D eigenvalue weighted by atomic mass is 16.6. The molecular formula is C22H35NO6. The van der Waals surface area contributed by atoms with E-state index in [1.807, 2.05) is 32.0 Å². The summed E-state index contributed by atoms with van der Waals surface area (Å²) in [6, 6.07) is 9.10. The number of amides is 1. The van der Waals surface area contributed by atoms with E-state index in [2.05, 4.69) is 0 Å². The Labute approximate surface area is 174 Å². The number of carbonyl (C=O) groups is 3. The van der Waals surface area contributed by atoms with Crippen LogP contribution in [0.3, 0.4) is 0 Å². The molecule has 1 aromatic carbocycles. The quantitative estimate of drug-likeness (QED) is 0.514. The van der Waals surface area contributed by atoms with Crippen LogP contribution in [0.2, 0.25) is 0 Å². The molecule has 1 amide bonds. The highest BCUT2D eigenvalue weighted by molar-refractivity contribution is 5.83. The second-order valence-electron chi connectivity index (χ2n) is 8.07. The lowest BCUT2D eigenvalue weighted by Gasteiger charge is -2.26. The first kappa shape index (κ1) is 26.4. The summed E-state index contributed by atoms with van der Waals surface area (Å²) in [4.78, 5) is 37.6. The van der Waals surface area contributed by atoms with E-state index >= 15 is 0 Å². The minimum atomic E-state index is -0.796. The van der Waals surface area contributed by atoms with Crippen molar-refractivity contribution in [3.05, 3.63) is 35.9 Å². The van der Waals surface area contributed by atoms with E-state index in [-0.39, 0.29) is 6.61 Å². The Balaban J connectivity index is 0.00000379. The normalized spacial score (nSPS) is 10.9. The highest BCUT2D eigenvalue weighted by Gasteiger charge is 2.27. The van der Waals surface area contributed by atoms with Gasteiger partial charge in [-0.2, -0.15) is 0 Å². The zero-order valence-electron chi connectivity index (χ0n) is 18.9. The molecule has 7 nitrogen and oxygen atoms in total. The molecule has 0 saturated heterocycles. The molecule has 0 unspecified atom stereocenters. The summed E-state index contributed by atoms with van der Waals surface area (Å²) in [6.45, 7) is 13.5. The van der Waals surface area contributed by atoms with Crippen LogP contribution in [-0.2, 0) is 30.4 Å². The van der Waals surface area contributed by atoms with Gasteiger partial charge in [-0.1, -0.05) is 44.2 Å². The summed E-state index contributed by atoms with van der Waals surface area (Å²) >= 11 is 0. The van der Waals surface area contributed by atoms with E-state index in [1.54, 1.807) is 53.7 Å². The van der Waals surface area contributed by atoms with Crippen molar-refractivity contribution in [1.29, 1.82) is 0 Å². The number of benzene rings is 1. The number of rotatable bonds is 6. The van der Waals surface area contributed by atoms with Gasteiger partial charge in [0.15, 0.2) is 0 Å². The summed E-state index contributed by atoms with van der Waals surface area (Å²) in [5.41, 5.74) is -0.619. The molecule has 0 spiro atoms. The lowest BCUT2D eigenvalue weighted by Crippen LogP contribution is -2.43. The Hall–Kier alpha value is -2.57. The Morgan fingerprint density at radius 2 is 1.21 bits per heavy atom. The van der Waals surface area contributed by atoms with E-state index in [4.69, 9.17) is 14.2 Å². The van der Waals surface area contributed by atoms with E-state index in [9.17, 15) is 14.4 Å². The van der Waals surface area contributed by atoms with E-state index in [0.29, 0.717) is 0 Å². The van der Waals surface area contributed by atoms with E-state index in [0.717, 1.165) is 10.5 Å². The summed E-state index contributed by atoms with van der Waals surface area (Å²) < 4.78 is 15.7. The molecule has 0 atom stereocenters. The maximum Gasteiger partial charge on any atom is 0.411 e. The molecule has 0 aliphatic rings. The summed E-state index contributed by atoms with van der Waals surface area (Å²) in [5.74, 6) is -1.27. The second kappa shape index (κ2) is 12.1. The van der Waals surface area contributed by atoms with Gasteiger partial charge >= 0.3 is 18.0 Å². The molecule has 1 aromatic rings. The minimum absolute atomic E-state index is 0.0266. The van der Waals surface area contributed by atoms with Crippen LogP contribution in [0.25, 0.3) is 0 Å². The molecular weight excluding hydrogens is 374 g/mol. The average Bonchev–Trinajstić information content (AvgIpc) is 2.58. The number of hydrogen-bond acceptors (Lipinski definition) is 6. The average molecular weight is 410 g/mol. The molecule has 0 bridgehead atoms. The predicted molar refractivity (Wildman–Crippen MR) is 111 cm³/mol. The van der Waals surface area contributed by atoms with Crippen LogP contribution >= 0.6 is 0 Å². The molecule has 0 aliphatic heterocycles. The van der Waals surface area contributed by atoms with Crippen LogP contribution in [0.15, 0.2) is 30.3 Å². The number of ether oxygens (including phenoxy) is 3. The maximum atomic E-state index is 12.4. The summed E-state index contributed by atoms with van der Waals surface area (Å²) in [6.07, 6.45) is -0.796. The van der Waals surface area contributed by atoms with Crippen molar-refractivity contribution in [2.24, 2.45) is 0 Å². The SMILES string of the molecule is CC.CC(C)(C)OC(=O)CN(CC(=O)OC(C)(C)C)C(=O)OCc1ccccc1. The van der Waals surface area contributed by atoms with Gasteiger partial charge in [-0.15, -0.1) is 0 Å². The van der Waals surface area contributed by atoms with Crippen LogP contribution in [0.5, 0.6) is 0 Å². The number of hydrogen-bond donors (Lipinski definition) is 0. The van der Waals surface area contributed by atoms with Crippen molar-refractivity contribution in [3.63, 3.8) is 0 Å². The van der Waals surface area contributed by atoms with Gasteiger partial charge in [-0.05, 0) is 47.1 Å². The first-order valence-corrected chi connectivity index (χ1v) is 9.75. The molecule has 0 fully saturated rings. The fourth-order valence-electron chi connectivity index (χ4n) is 2.05. The first-order valence-electron chi connectivity index (χ1n) is 9.75. The minimum Gasteiger partial charge on any atom is -0.459 e. The van der Waals surface area contributed by atoms with E-state index in [1.165, 1.54) is 0 Å². The van der Waals surface area contributed by atoms with Crippen molar-refractivity contribution in [2.45, 2.75) is 73.2 Å². The predicted octanol–water partition coefficient (Wildman–Crippen LogP) is 4.33. The maximum absolute atomic E-state index is 12.4. The number of nitrogens with zero attached hydrogens (tertiary/aromatic N) is 1. The third-order valence-electron chi connectivity index (χ3n) is 2.94.